The van der Waals surface area contributed by atoms with Gasteiger partial charge in [0, 0.05) is 16.8 Å². The van der Waals surface area contributed by atoms with E-state index in [0.717, 1.165) is 11.1 Å². The highest BCUT2D eigenvalue weighted by Gasteiger charge is 2.26. The van der Waals surface area contributed by atoms with Crippen molar-refractivity contribution in [2.75, 3.05) is 0 Å². The molecule has 7 aromatic rings. The summed E-state index contributed by atoms with van der Waals surface area (Å²) in [6.07, 6.45) is 4.01. The smallest absolute Gasteiger partial charge is 0.228 e. The number of para-hydroxylation sites is 1. The number of hydrogen-bond acceptors (Lipinski definition) is 1. The zero-order valence-corrected chi connectivity index (χ0v) is 15.7. The minimum atomic E-state index is 0.937. The van der Waals surface area contributed by atoms with Gasteiger partial charge in [0.2, 0.25) is 5.52 Å². The van der Waals surface area contributed by atoms with Crippen LogP contribution < -0.4 is 4.57 Å². The first-order chi connectivity index (χ1) is 13.8. The SMILES string of the molecule is Cc1c2ccccc2c2c3ccccc3n3c4coc5cc[n+](C)c(c1c23)c54. The second kappa shape index (κ2) is 4.63. The highest BCUT2D eigenvalue weighted by Crippen LogP contribution is 2.44. The van der Waals surface area contributed by atoms with E-state index in [2.05, 4.69) is 83.7 Å². The average molecular weight is 361 g/mol. The number of rotatable bonds is 0. The molecule has 0 N–H and O–H groups in total. The van der Waals surface area contributed by atoms with E-state index in [1.807, 2.05) is 6.26 Å². The minimum absolute atomic E-state index is 0.937. The van der Waals surface area contributed by atoms with Crippen molar-refractivity contribution in [3.63, 3.8) is 0 Å². The van der Waals surface area contributed by atoms with Crippen molar-refractivity contribution >= 4 is 60.0 Å². The Bertz CT molecular complexity index is 1700. The number of aryl methyl sites for hydroxylation is 2. The number of aromatic nitrogens is 2. The van der Waals surface area contributed by atoms with Gasteiger partial charge in [-0.15, -0.1) is 0 Å². The standard InChI is InChI=1S/C25H17N2O/c1-14-15-7-3-4-8-16(15)22-17-9-5-6-10-18(17)27-19-13-28-20-11-12-26(2)24(23(19)20)21(14)25(22)27/h3-13H,1-2H3/q+1. The Labute approximate surface area is 160 Å². The summed E-state index contributed by atoms with van der Waals surface area (Å²) in [7, 11) is 2.13. The molecule has 0 radical (unpaired) electrons. The first-order valence-electron chi connectivity index (χ1n) is 9.61. The Morgan fingerprint density at radius 1 is 0.786 bits per heavy atom. The average Bonchev–Trinajstić information content (AvgIpc) is 3.29. The predicted octanol–water partition coefficient (Wildman–Crippen LogP) is 5.87. The van der Waals surface area contributed by atoms with Crippen molar-refractivity contribution in [2.45, 2.75) is 6.92 Å². The summed E-state index contributed by atoms with van der Waals surface area (Å²) in [5, 5.41) is 7.76. The summed E-state index contributed by atoms with van der Waals surface area (Å²) in [6, 6.07) is 19.6. The lowest BCUT2D eigenvalue weighted by molar-refractivity contribution is -0.643. The quantitative estimate of drug-likeness (QED) is 0.188. The van der Waals surface area contributed by atoms with E-state index in [0.29, 0.717) is 0 Å². The van der Waals surface area contributed by atoms with Gasteiger partial charge in [0.25, 0.3) is 0 Å². The molecule has 0 unspecified atom stereocenters. The Balaban J connectivity index is 2.05. The van der Waals surface area contributed by atoms with Crippen LogP contribution in [0.3, 0.4) is 0 Å². The maximum absolute atomic E-state index is 6.00. The van der Waals surface area contributed by atoms with Gasteiger partial charge in [0.05, 0.1) is 21.9 Å². The number of pyridine rings is 2. The molecule has 0 atom stereocenters. The molecular formula is C25H17N2O+. The summed E-state index contributed by atoms with van der Waals surface area (Å²) < 4.78 is 10.6. The zero-order valence-electron chi connectivity index (χ0n) is 15.7. The molecule has 0 fully saturated rings. The van der Waals surface area contributed by atoms with Crippen LogP contribution in [-0.2, 0) is 7.05 Å². The molecule has 28 heavy (non-hydrogen) atoms. The third-order valence-electron chi connectivity index (χ3n) is 6.40. The highest BCUT2D eigenvalue weighted by molar-refractivity contribution is 6.32. The van der Waals surface area contributed by atoms with Gasteiger partial charge in [-0.1, -0.05) is 42.5 Å². The second-order valence-electron chi connectivity index (χ2n) is 7.76. The molecule has 0 spiro atoms. The summed E-state index contributed by atoms with van der Waals surface area (Å²) in [5.41, 5.74) is 7.15. The molecule has 0 saturated heterocycles. The van der Waals surface area contributed by atoms with E-state index in [-0.39, 0.29) is 0 Å². The Morgan fingerprint density at radius 2 is 1.54 bits per heavy atom. The van der Waals surface area contributed by atoms with Crippen molar-refractivity contribution in [1.29, 1.82) is 0 Å². The molecular weight excluding hydrogens is 344 g/mol. The normalized spacial score (nSPS) is 12.6. The lowest BCUT2D eigenvalue weighted by Crippen LogP contribution is -2.28. The number of furan rings is 1. The first kappa shape index (κ1) is 14.5. The molecule has 0 aliphatic rings. The van der Waals surface area contributed by atoms with Crippen LogP contribution >= 0.6 is 0 Å². The molecule has 3 aromatic carbocycles. The monoisotopic (exact) mass is 361 g/mol. The van der Waals surface area contributed by atoms with E-state index in [9.17, 15) is 0 Å². The minimum Gasteiger partial charge on any atom is -0.462 e. The molecule has 0 saturated carbocycles. The van der Waals surface area contributed by atoms with E-state index >= 15 is 0 Å². The maximum Gasteiger partial charge on any atom is 0.228 e. The topological polar surface area (TPSA) is 21.4 Å². The molecule has 0 aliphatic heterocycles. The number of fused-ring (bicyclic) bond motifs is 7. The lowest BCUT2D eigenvalue weighted by Gasteiger charge is -2.11. The Hall–Kier alpha value is -3.59. The van der Waals surface area contributed by atoms with Crippen molar-refractivity contribution in [2.24, 2.45) is 7.05 Å². The molecule has 7 rings (SSSR count). The van der Waals surface area contributed by atoms with Gasteiger partial charge in [-0.2, -0.15) is 0 Å². The lowest BCUT2D eigenvalue weighted by atomic mass is 9.95. The molecule has 0 amide bonds. The van der Waals surface area contributed by atoms with Gasteiger partial charge in [-0.25, -0.2) is 4.57 Å². The fourth-order valence-corrected chi connectivity index (χ4v) is 5.25. The van der Waals surface area contributed by atoms with Gasteiger partial charge in [0.15, 0.2) is 6.20 Å². The van der Waals surface area contributed by atoms with Gasteiger partial charge >= 0.3 is 0 Å². The van der Waals surface area contributed by atoms with Crippen LogP contribution in [0.2, 0.25) is 0 Å². The third-order valence-corrected chi connectivity index (χ3v) is 6.40. The molecule has 4 heterocycles. The van der Waals surface area contributed by atoms with Crippen LogP contribution in [-0.4, -0.2) is 4.40 Å². The first-order valence-corrected chi connectivity index (χ1v) is 9.61. The summed E-state index contributed by atoms with van der Waals surface area (Å²) in [6.45, 7) is 2.25. The van der Waals surface area contributed by atoms with E-state index in [4.69, 9.17) is 4.42 Å². The Morgan fingerprint density at radius 3 is 2.39 bits per heavy atom. The highest BCUT2D eigenvalue weighted by atomic mass is 16.3. The predicted molar refractivity (Wildman–Crippen MR) is 114 cm³/mol. The molecule has 3 heteroatoms. The molecule has 132 valence electrons. The van der Waals surface area contributed by atoms with E-state index in [1.165, 1.54) is 54.4 Å². The zero-order chi connectivity index (χ0) is 18.6. The number of nitrogens with zero attached hydrogens (tertiary/aromatic N) is 2. The van der Waals surface area contributed by atoms with Crippen molar-refractivity contribution in [1.82, 2.24) is 4.40 Å². The number of benzene rings is 3. The fourth-order valence-electron chi connectivity index (χ4n) is 5.25. The van der Waals surface area contributed by atoms with E-state index < -0.39 is 0 Å². The van der Waals surface area contributed by atoms with Gasteiger partial charge in [-0.3, -0.25) is 0 Å². The fraction of sp³-hybridized carbons (Fsp3) is 0.0800. The van der Waals surface area contributed by atoms with Crippen LogP contribution in [0.15, 0.2) is 71.5 Å². The van der Waals surface area contributed by atoms with Crippen LogP contribution in [0, 0.1) is 6.92 Å². The summed E-state index contributed by atoms with van der Waals surface area (Å²) >= 11 is 0. The maximum atomic E-state index is 6.00. The summed E-state index contributed by atoms with van der Waals surface area (Å²) in [5.74, 6) is 0. The van der Waals surface area contributed by atoms with Crippen molar-refractivity contribution in [3.8, 4) is 0 Å². The van der Waals surface area contributed by atoms with Crippen LogP contribution in [0.4, 0.5) is 0 Å². The molecule has 3 nitrogen and oxygen atoms in total. The van der Waals surface area contributed by atoms with Gasteiger partial charge in [0.1, 0.15) is 24.3 Å². The molecule has 0 bridgehead atoms. The van der Waals surface area contributed by atoms with Crippen LogP contribution in [0.5, 0.6) is 0 Å². The number of hydrogen-bond donors (Lipinski definition) is 0. The second-order valence-corrected chi connectivity index (χ2v) is 7.76. The molecule has 4 aromatic heterocycles. The van der Waals surface area contributed by atoms with E-state index in [1.54, 1.807) is 0 Å². The largest absolute Gasteiger partial charge is 0.462 e. The van der Waals surface area contributed by atoms with Crippen LogP contribution in [0.1, 0.15) is 5.56 Å². The van der Waals surface area contributed by atoms with Crippen LogP contribution in [0.25, 0.3) is 60.0 Å². The van der Waals surface area contributed by atoms with Crippen molar-refractivity contribution < 1.29 is 8.98 Å². The van der Waals surface area contributed by atoms with Gasteiger partial charge in [-0.05, 0) is 29.3 Å². The molecule has 0 aliphatic carbocycles. The Kier molecular flexibility index (Phi) is 2.39. The van der Waals surface area contributed by atoms with Crippen molar-refractivity contribution in [3.05, 3.63) is 72.6 Å². The third kappa shape index (κ3) is 1.44. The van der Waals surface area contributed by atoms with Gasteiger partial charge < -0.3 is 8.82 Å². The summed E-state index contributed by atoms with van der Waals surface area (Å²) in [4.78, 5) is 0.